The summed E-state index contributed by atoms with van der Waals surface area (Å²) in [4.78, 5) is 4.69. The zero-order chi connectivity index (χ0) is 19.6. The van der Waals surface area contributed by atoms with Crippen LogP contribution in [0.15, 0.2) is 65.7 Å². The molecule has 0 radical (unpaired) electrons. The van der Waals surface area contributed by atoms with Gasteiger partial charge in [0.25, 0.3) is 0 Å². The molecule has 146 valence electrons. The summed E-state index contributed by atoms with van der Waals surface area (Å²) in [6.45, 7) is 0. The zero-order valence-electron chi connectivity index (χ0n) is 15.3. The second-order valence-corrected chi connectivity index (χ2v) is 9.30. The molecule has 0 unspecified atom stereocenters. The first-order valence-electron chi connectivity index (χ1n) is 9.39. The SMILES string of the molecule is O=S(=O)(NC1CCC(Nc2ccnc3cc(Cl)ccc23)CC1)c1ccccc1. The molecule has 0 atom stereocenters. The molecule has 28 heavy (non-hydrogen) atoms. The number of aromatic nitrogens is 1. The molecule has 0 spiro atoms. The van der Waals surface area contributed by atoms with E-state index in [1.165, 1.54) is 0 Å². The van der Waals surface area contributed by atoms with Crippen LogP contribution in [0.3, 0.4) is 0 Å². The van der Waals surface area contributed by atoms with Gasteiger partial charge < -0.3 is 5.32 Å². The molecular formula is C21H22ClN3O2S. The van der Waals surface area contributed by atoms with E-state index in [-0.39, 0.29) is 6.04 Å². The molecule has 1 aromatic heterocycles. The smallest absolute Gasteiger partial charge is 0.240 e. The molecule has 2 N–H and O–H groups in total. The molecule has 3 aromatic rings. The summed E-state index contributed by atoms with van der Waals surface area (Å²) in [6, 6.07) is 16.5. The maximum absolute atomic E-state index is 12.5. The molecule has 0 aliphatic heterocycles. The number of nitrogens with zero attached hydrogens (tertiary/aromatic N) is 1. The molecule has 0 amide bonds. The van der Waals surface area contributed by atoms with E-state index in [0.29, 0.717) is 16.0 Å². The molecule has 1 heterocycles. The van der Waals surface area contributed by atoms with E-state index in [9.17, 15) is 8.42 Å². The number of anilines is 1. The molecule has 1 saturated carbocycles. The number of hydrogen-bond donors (Lipinski definition) is 2. The standard InChI is InChI=1S/C21H22ClN3O2S/c22-15-6-11-19-20(12-13-23-21(19)14-15)24-16-7-9-17(10-8-16)25-28(26,27)18-4-2-1-3-5-18/h1-6,11-14,16-17,25H,7-10H2,(H,23,24). The predicted octanol–water partition coefficient (Wildman–Crippen LogP) is 4.59. The third-order valence-electron chi connectivity index (χ3n) is 5.17. The van der Waals surface area contributed by atoms with Crippen LogP contribution in [0.25, 0.3) is 10.9 Å². The van der Waals surface area contributed by atoms with E-state index in [1.807, 2.05) is 30.3 Å². The van der Waals surface area contributed by atoms with Gasteiger partial charge in [-0.05, 0) is 62.1 Å². The van der Waals surface area contributed by atoms with Gasteiger partial charge in [-0.2, -0.15) is 0 Å². The fraction of sp³-hybridized carbons (Fsp3) is 0.286. The highest BCUT2D eigenvalue weighted by molar-refractivity contribution is 7.89. The minimum Gasteiger partial charge on any atom is -0.382 e. The third-order valence-corrected chi connectivity index (χ3v) is 6.94. The average molecular weight is 416 g/mol. The summed E-state index contributed by atoms with van der Waals surface area (Å²) in [6.07, 6.45) is 5.19. The largest absolute Gasteiger partial charge is 0.382 e. The number of hydrogen-bond acceptors (Lipinski definition) is 4. The van der Waals surface area contributed by atoms with Crippen LogP contribution in [-0.2, 0) is 10.0 Å². The van der Waals surface area contributed by atoms with Crippen molar-refractivity contribution in [3.8, 4) is 0 Å². The van der Waals surface area contributed by atoms with Crippen molar-refractivity contribution in [3.63, 3.8) is 0 Å². The van der Waals surface area contributed by atoms with Crippen molar-refractivity contribution in [2.45, 2.75) is 42.7 Å². The van der Waals surface area contributed by atoms with Gasteiger partial charge in [0.2, 0.25) is 10.0 Å². The number of sulfonamides is 1. The van der Waals surface area contributed by atoms with Crippen molar-refractivity contribution in [1.29, 1.82) is 0 Å². The lowest BCUT2D eigenvalue weighted by molar-refractivity contribution is 0.387. The first-order chi connectivity index (χ1) is 13.5. The van der Waals surface area contributed by atoms with Gasteiger partial charge in [0.05, 0.1) is 10.4 Å². The Morgan fingerprint density at radius 2 is 1.64 bits per heavy atom. The van der Waals surface area contributed by atoms with Crippen molar-refractivity contribution < 1.29 is 8.42 Å². The van der Waals surface area contributed by atoms with Gasteiger partial charge in [-0.15, -0.1) is 0 Å². The molecule has 1 fully saturated rings. The Balaban J connectivity index is 1.39. The maximum atomic E-state index is 12.5. The molecule has 0 saturated heterocycles. The van der Waals surface area contributed by atoms with E-state index < -0.39 is 10.0 Å². The van der Waals surface area contributed by atoms with Crippen LogP contribution < -0.4 is 10.0 Å². The second-order valence-electron chi connectivity index (χ2n) is 7.15. The van der Waals surface area contributed by atoms with Crippen molar-refractivity contribution in [1.82, 2.24) is 9.71 Å². The van der Waals surface area contributed by atoms with Crippen LogP contribution >= 0.6 is 11.6 Å². The van der Waals surface area contributed by atoms with E-state index in [2.05, 4.69) is 15.0 Å². The Morgan fingerprint density at radius 1 is 0.929 bits per heavy atom. The monoisotopic (exact) mass is 415 g/mol. The van der Waals surface area contributed by atoms with Crippen LogP contribution in [0, 0.1) is 0 Å². The number of fused-ring (bicyclic) bond motifs is 1. The highest BCUT2D eigenvalue weighted by Gasteiger charge is 2.25. The lowest BCUT2D eigenvalue weighted by Crippen LogP contribution is -2.40. The van der Waals surface area contributed by atoms with Gasteiger partial charge in [0.15, 0.2) is 0 Å². The molecule has 2 aromatic carbocycles. The number of rotatable bonds is 5. The molecule has 1 aliphatic rings. The number of nitrogens with one attached hydrogen (secondary N) is 2. The minimum atomic E-state index is -3.46. The summed E-state index contributed by atoms with van der Waals surface area (Å²) in [7, 11) is -3.46. The molecular weight excluding hydrogens is 394 g/mol. The number of benzene rings is 2. The summed E-state index contributed by atoms with van der Waals surface area (Å²) in [5.74, 6) is 0. The average Bonchev–Trinajstić information content (AvgIpc) is 2.70. The summed E-state index contributed by atoms with van der Waals surface area (Å²) in [5, 5.41) is 5.31. The van der Waals surface area contributed by atoms with Gasteiger partial charge >= 0.3 is 0 Å². The highest BCUT2D eigenvalue weighted by Crippen LogP contribution is 2.28. The Labute approximate surface area is 170 Å². The Morgan fingerprint density at radius 3 is 2.39 bits per heavy atom. The third kappa shape index (κ3) is 4.29. The van der Waals surface area contributed by atoms with Crippen LogP contribution in [0.1, 0.15) is 25.7 Å². The lowest BCUT2D eigenvalue weighted by atomic mass is 9.91. The first-order valence-corrected chi connectivity index (χ1v) is 11.3. The molecule has 4 rings (SSSR count). The second kappa shape index (κ2) is 8.07. The van der Waals surface area contributed by atoms with Gasteiger partial charge in [0.1, 0.15) is 0 Å². The van der Waals surface area contributed by atoms with E-state index in [1.54, 1.807) is 30.5 Å². The quantitative estimate of drug-likeness (QED) is 0.639. The van der Waals surface area contributed by atoms with Crippen molar-refractivity contribution in [3.05, 3.63) is 65.8 Å². The molecule has 7 heteroatoms. The van der Waals surface area contributed by atoms with Crippen LogP contribution in [-0.4, -0.2) is 25.5 Å². The topological polar surface area (TPSA) is 71.1 Å². The van der Waals surface area contributed by atoms with Crippen molar-refractivity contribution >= 4 is 38.2 Å². The Hall–Kier alpha value is -2.15. The van der Waals surface area contributed by atoms with Crippen molar-refractivity contribution in [2.75, 3.05) is 5.32 Å². The summed E-state index contributed by atoms with van der Waals surface area (Å²) < 4.78 is 27.9. The van der Waals surface area contributed by atoms with Crippen LogP contribution in [0.5, 0.6) is 0 Å². The highest BCUT2D eigenvalue weighted by atomic mass is 35.5. The van der Waals surface area contributed by atoms with Gasteiger partial charge in [-0.3, -0.25) is 4.98 Å². The fourth-order valence-corrected chi connectivity index (χ4v) is 5.20. The Bertz CT molecular complexity index is 1070. The van der Waals surface area contributed by atoms with E-state index in [0.717, 1.165) is 42.3 Å². The normalized spacial score (nSPS) is 20.2. The zero-order valence-corrected chi connectivity index (χ0v) is 16.9. The Kier molecular flexibility index (Phi) is 5.53. The molecule has 0 bridgehead atoms. The molecule has 5 nitrogen and oxygen atoms in total. The first kappa shape index (κ1) is 19.2. The van der Waals surface area contributed by atoms with E-state index in [4.69, 9.17) is 11.6 Å². The fourth-order valence-electron chi connectivity index (χ4n) is 3.71. The summed E-state index contributed by atoms with van der Waals surface area (Å²) in [5.41, 5.74) is 1.90. The maximum Gasteiger partial charge on any atom is 0.240 e. The van der Waals surface area contributed by atoms with Crippen molar-refractivity contribution in [2.24, 2.45) is 0 Å². The van der Waals surface area contributed by atoms with Crippen LogP contribution in [0.2, 0.25) is 5.02 Å². The minimum absolute atomic E-state index is 0.0313. The number of halogens is 1. The lowest BCUT2D eigenvalue weighted by Gasteiger charge is -2.30. The molecule has 1 aliphatic carbocycles. The van der Waals surface area contributed by atoms with E-state index >= 15 is 0 Å². The van der Waals surface area contributed by atoms with Gasteiger partial charge in [-0.1, -0.05) is 29.8 Å². The van der Waals surface area contributed by atoms with Gasteiger partial charge in [0, 0.05) is 34.4 Å². The summed E-state index contributed by atoms with van der Waals surface area (Å²) >= 11 is 6.06. The predicted molar refractivity (Wildman–Crippen MR) is 113 cm³/mol. The van der Waals surface area contributed by atoms with Gasteiger partial charge in [-0.25, -0.2) is 13.1 Å². The van der Waals surface area contributed by atoms with Crippen LogP contribution in [0.4, 0.5) is 5.69 Å². The number of pyridine rings is 1.